The predicted octanol–water partition coefficient (Wildman–Crippen LogP) is 2.92. The van der Waals surface area contributed by atoms with E-state index in [0.717, 1.165) is 5.56 Å². The minimum atomic E-state index is -0.488. The number of aromatic nitrogens is 2. The highest BCUT2D eigenvalue weighted by atomic mass is 32.2. The van der Waals surface area contributed by atoms with Crippen molar-refractivity contribution >= 4 is 34.7 Å². The second-order valence-electron chi connectivity index (χ2n) is 7.16. The topological polar surface area (TPSA) is 102 Å². The molecule has 0 spiro atoms. The first kappa shape index (κ1) is 21.6. The number of nitrogens with one attached hydrogen (secondary N) is 2. The van der Waals surface area contributed by atoms with E-state index in [1.165, 1.54) is 11.8 Å². The molecule has 1 aliphatic heterocycles. The number of aryl methyl sites for hydroxylation is 1. The normalized spacial score (nSPS) is 13.6. The van der Waals surface area contributed by atoms with Gasteiger partial charge >= 0.3 is 12.0 Å². The number of ether oxygens (including phenoxy) is 1. The number of esters is 1. The van der Waals surface area contributed by atoms with Crippen molar-refractivity contribution in [3.63, 3.8) is 0 Å². The van der Waals surface area contributed by atoms with Crippen LogP contribution in [0.5, 0.6) is 0 Å². The molecule has 164 valence electrons. The Hall–Kier alpha value is -3.59. The molecule has 2 aromatic carbocycles. The number of thioether (sulfide) groups is 1. The van der Waals surface area contributed by atoms with Gasteiger partial charge in [0, 0.05) is 11.4 Å². The van der Waals surface area contributed by atoms with Crippen LogP contribution >= 0.6 is 11.8 Å². The molecule has 9 heteroatoms. The second kappa shape index (κ2) is 9.27. The third-order valence-electron chi connectivity index (χ3n) is 4.96. The van der Waals surface area contributed by atoms with Gasteiger partial charge in [0.25, 0.3) is 5.56 Å². The quantitative estimate of drug-likeness (QED) is 0.340. The summed E-state index contributed by atoms with van der Waals surface area (Å²) in [7, 11) is 0. The molecule has 0 saturated heterocycles. The Morgan fingerprint density at radius 2 is 1.91 bits per heavy atom. The van der Waals surface area contributed by atoms with Gasteiger partial charge in [-0.15, -0.1) is 0 Å². The molecule has 0 radical (unpaired) electrons. The van der Waals surface area contributed by atoms with Crippen molar-refractivity contribution in [3.8, 4) is 5.69 Å². The molecule has 8 nitrogen and oxygen atoms in total. The molecule has 2 N–H and O–H groups in total. The van der Waals surface area contributed by atoms with Gasteiger partial charge in [-0.3, -0.25) is 9.36 Å². The maximum atomic E-state index is 13.3. The number of para-hydroxylation sites is 1. The van der Waals surface area contributed by atoms with E-state index in [9.17, 15) is 14.4 Å². The molecule has 2 heterocycles. The van der Waals surface area contributed by atoms with E-state index in [1.54, 1.807) is 29.7 Å². The Morgan fingerprint density at radius 3 is 2.66 bits per heavy atom. The summed E-state index contributed by atoms with van der Waals surface area (Å²) in [5.41, 5.74) is 2.95. The zero-order valence-corrected chi connectivity index (χ0v) is 18.5. The standard InChI is InChI=1S/C23H22N4O4S/c1-3-31-21(29)17-12-24-22(30)25-19(17)13-32-23-26-18-7-5-4-6-16(18)20(28)27(23)15-10-8-14(2)9-11-15/h4-11H,3,12-13H2,1-2H3,(H2,24,25,30). The van der Waals surface area contributed by atoms with Crippen molar-refractivity contribution < 1.29 is 14.3 Å². The zero-order chi connectivity index (χ0) is 22.7. The van der Waals surface area contributed by atoms with Crippen LogP contribution < -0.4 is 16.2 Å². The van der Waals surface area contributed by atoms with Gasteiger partial charge in [0.05, 0.1) is 35.3 Å². The molecule has 2 amide bonds. The highest BCUT2D eigenvalue weighted by Gasteiger charge is 2.24. The molecular formula is C23H22N4O4S. The molecule has 3 aromatic rings. The van der Waals surface area contributed by atoms with Crippen molar-refractivity contribution in [1.29, 1.82) is 0 Å². The fourth-order valence-corrected chi connectivity index (χ4v) is 4.34. The summed E-state index contributed by atoms with van der Waals surface area (Å²) < 4.78 is 6.67. The monoisotopic (exact) mass is 450 g/mol. The molecule has 0 aliphatic carbocycles. The Morgan fingerprint density at radius 1 is 1.16 bits per heavy atom. The van der Waals surface area contributed by atoms with Crippen LogP contribution in [0.1, 0.15) is 12.5 Å². The summed E-state index contributed by atoms with van der Waals surface area (Å²) in [6.07, 6.45) is 0. The van der Waals surface area contributed by atoms with E-state index in [-0.39, 0.29) is 24.5 Å². The molecule has 32 heavy (non-hydrogen) atoms. The molecule has 1 aliphatic rings. The molecule has 4 rings (SSSR count). The first-order chi connectivity index (χ1) is 15.5. The number of carbonyl (C=O) groups excluding carboxylic acids is 2. The van der Waals surface area contributed by atoms with Crippen molar-refractivity contribution in [2.24, 2.45) is 0 Å². The summed E-state index contributed by atoms with van der Waals surface area (Å²) >= 11 is 1.27. The molecule has 0 saturated carbocycles. The Bertz CT molecular complexity index is 1280. The van der Waals surface area contributed by atoms with Gasteiger partial charge in [0.2, 0.25) is 0 Å². The lowest BCUT2D eigenvalue weighted by molar-refractivity contribution is -0.138. The van der Waals surface area contributed by atoms with Gasteiger partial charge in [-0.2, -0.15) is 0 Å². The summed E-state index contributed by atoms with van der Waals surface area (Å²) in [5, 5.41) is 6.25. The van der Waals surface area contributed by atoms with Crippen LogP contribution in [0.25, 0.3) is 16.6 Å². The Balaban J connectivity index is 1.77. The molecule has 0 unspecified atom stereocenters. The summed E-state index contributed by atoms with van der Waals surface area (Å²) in [5.74, 6) is -0.254. The van der Waals surface area contributed by atoms with Crippen molar-refractivity contribution in [2.75, 3.05) is 18.9 Å². The van der Waals surface area contributed by atoms with Crippen molar-refractivity contribution in [1.82, 2.24) is 20.2 Å². The zero-order valence-electron chi connectivity index (χ0n) is 17.7. The van der Waals surface area contributed by atoms with Crippen molar-refractivity contribution in [3.05, 3.63) is 75.7 Å². The maximum absolute atomic E-state index is 13.3. The van der Waals surface area contributed by atoms with Crippen LogP contribution in [-0.2, 0) is 9.53 Å². The molecule has 0 bridgehead atoms. The van der Waals surface area contributed by atoms with Gasteiger partial charge < -0.3 is 15.4 Å². The molecule has 1 aromatic heterocycles. The van der Waals surface area contributed by atoms with Gasteiger partial charge in [0.15, 0.2) is 5.16 Å². The average Bonchev–Trinajstić information content (AvgIpc) is 2.79. The largest absolute Gasteiger partial charge is 0.463 e. The number of benzene rings is 2. The van der Waals surface area contributed by atoms with E-state index in [0.29, 0.717) is 33.0 Å². The number of hydrogen-bond donors (Lipinski definition) is 2. The lowest BCUT2D eigenvalue weighted by atomic mass is 10.2. The fourth-order valence-electron chi connectivity index (χ4n) is 3.34. The van der Waals surface area contributed by atoms with E-state index in [2.05, 4.69) is 10.6 Å². The van der Waals surface area contributed by atoms with Crippen LogP contribution in [0.2, 0.25) is 0 Å². The van der Waals surface area contributed by atoms with Crippen LogP contribution in [-0.4, -0.2) is 40.5 Å². The van der Waals surface area contributed by atoms with Crippen LogP contribution in [0.15, 0.2) is 69.8 Å². The number of hydrogen-bond acceptors (Lipinski definition) is 6. The van der Waals surface area contributed by atoms with Crippen molar-refractivity contribution in [2.45, 2.75) is 19.0 Å². The van der Waals surface area contributed by atoms with Gasteiger partial charge in [-0.05, 0) is 38.1 Å². The average molecular weight is 451 g/mol. The smallest absolute Gasteiger partial charge is 0.337 e. The number of urea groups is 1. The number of carbonyl (C=O) groups is 2. The molecular weight excluding hydrogens is 428 g/mol. The lowest BCUT2D eigenvalue weighted by Crippen LogP contribution is -2.44. The van der Waals surface area contributed by atoms with Gasteiger partial charge in [0.1, 0.15) is 0 Å². The Kier molecular flexibility index (Phi) is 6.27. The minimum absolute atomic E-state index is 0.0798. The van der Waals surface area contributed by atoms with Crippen LogP contribution in [0, 0.1) is 6.92 Å². The summed E-state index contributed by atoms with van der Waals surface area (Å²) in [6, 6.07) is 14.4. The fraction of sp³-hybridized carbons (Fsp3) is 0.217. The van der Waals surface area contributed by atoms with Gasteiger partial charge in [-0.25, -0.2) is 14.6 Å². The highest BCUT2D eigenvalue weighted by molar-refractivity contribution is 7.99. The van der Waals surface area contributed by atoms with E-state index >= 15 is 0 Å². The highest BCUT2D eigenvalue weighted by Crippen LogP contribution is 2.24. The number of rotatable bonds is 6. The van der Waals surface area contributed by atoms with E-state index in [4.69, 9.17) is 9.72 Å². The lowest BCUT2D eigenvalue weighted by Gasteiger charge is -2.21. The number of fused-ring (bicyclic) bond motifs is 1. The van der Waals surface area contributed by atoms with E-state index < -0.39 is 12.0 Å². The molecule has 0 atom stereocenters. The first-order valence-electron chi connectivity index (χ1n) is 10.1. The van der Waals surface area contributed by atoms with Gasteiger partial charge in [-0.1, -0.05) is 41.6 Å². The second-order valence-corrected chi connectivity index (χ2v) is 8.10. The van der Waals surface area contributed by atoms with Crippen LogP contribution in [0.3, 0.4) is 0 Å². The third kappa shape index (κ3) is 4.38. The van der Waals surface area contributed by atoms with Crippen LogP contribution in [0.4, 0.5) is 4.79 Å². The molecule has 0 fully saturated rings. The maximum Gasteiger partial charge on any atom is 0.337 e. The number of amides is 2. The SMILES string of the molecule is CCOC(=O)C1=C(CSc2nc3ccccc3c(=O)n2-c2ccc(C)cc2)NC(=O)NC1. The predicted molar refractivity (Wildman–Crippen MR) is 123 cm³/mol. The van der Waals surface area contributed by atoms with E-state index in [1.807, 2.05) is 37.3 Å². The summed E-state index contributed by atoms with van der Waals surface area (Å²) in [4.78, 5) is 42.2. The number of nitrogens with zero attached hydrogens (tertiary/aromatic N) is 2. The Labute approximate surface area is 188 Å². The third-order valence-corrected chi connectivity index (χ3v) is 5.92. The minimum Gasteiger partial charge on any atom is -0.463 e. The first-order valence-corrected chi connectivity index (χ1v) is 11.1. The summed E-state index contributed by atoms with van der Waals surface area (Å²) in [6.45, 7) is 4.01.